The Morgan fingerprint density at radius 3 is 2.72 bits per heavy atom. The number of esters is 1. The molecule has 25 heavy (non-hydrogen) atoms. The summed E-state index contributed by atoms with van der Waals surface area (Å²) in [6, 6.07) is 7.03. The van der Waals surface area contributed by atoms with Gasteiger partial charge in [-0.3, -0.25) is 9.79 Å². The number of methoxy groups -OCH3 is 1. The molecule has 1 N–H and O–H groups in total. The average Bonchev–Trinajstić information content (AvgIpc) is 2.59. The summed E-state index contributed by atoms with van der Waals surface area (Å²) in [6.07, 6.45) is 1.99. The SMILES string of the molecule is COC(=O)c1ccccc1C1CC(=O)C(C=NCCN(C)C)=C(O)C1. The number of hydrogen-bond acceptors (Lipinski definition) is 6. The smallest absolute Gasteiger partial charge is 0.338 e. The van der Waals surface area contributed by atoms with Gasteiger partial charge in [0.05, 0.1) is 24.8 Å². The van der Waals surface area contributed by atoms with Crippen molar-refractivity contribution in [1.29, 1.82) is 0 Å². The Bertz CT molecular complexity index is 707. The highest BCUT2D eigenvalue weighted by molar-refractivity contribution is 6.14. The normalized spacial score (nSPS) is 18.2. The molecule has 0 amide bonds. The molecule has 0 fully saturated rings. The summed E-state index contributed by atoms with van der Waals surface area (Å²) in [5, 5.41) is 10.3. The molecule has 1 atom stereocenters. The van der Waals surface area contributed by atoms with Crippen molar-refractivity contribution in [3.8, 4) is 0 Å². The van der Waals surface area contributed by atoms with Crippen molar-refractivity contribution < 1.29 is 19.4 Å². The number of rotatable bonds is 6. The van der Waals surface area contributed by atoms with Gasteiger partial charge in [0.1, 0.15) is 5.76 Å². The summed E-state index contributed by atoms with van der Waals surface area (Å²) in [5.41, 5.74) is 1.42. The van der Waals surface area contributed by atoms with E-state index in [2.05, 4.69) is 4.99 Å². The van der Waals surface area contributed by atoms with Gasteiger partial charge in [0, 0.05) is 25.6 Å². The van der Waals surface area contributed by atoms with Crippen molar-refractivity contribution in [3.05, 3.63) is 46.7 Å². The third-order valence-electron chi connectivity index (χ3n) is 4.19. The summed E-state index contributed by atoms with van der Waals surface area (Å²) >= 11 is 0. The topological polar surface area (TPSA) is 79.2 Å². The van der Waals surface area contributed by atoms with Crippen LogP contribution < -0.4 is 0 Å². The second-order valence-electron chi connectivity index (χ2n) is 6.31. The fourth-order valence-electron chi connectivity index (χ4n) is 2.84. The molecule has 6 heteroatoms. The van der Waals surface area contributed by atoms with Gasteiger partial charge in [-0.05, 0) is 31.6 Å². The molecule has 1 aromatic carbocycles. The van der Waals surface area contributed by atoms with Crippen LogP contribution in [0.25, 0.3) is 0 Å². The molecule has 134 valence electrons. The molecule has 2 rings (SSSR count). The number of aliphatic hydroxyl groups excluding tert-OH is 1. The minimum atomic E-state index is -0.442. The molecule has 0 saturated heterocycles. The molecule has 0 aliphatic heterocycles. The molecule has 1 aliphatic carbocycles. The standard InChI is InChI=1S/C19H24N2O4/c1-21(2)9-8-20-12-16-17(22)10-13(11-18(16)23)14-6-4-5-7-15(14)19(24)25-3/h4-7,12-13,22H,8-11H2,1-3H3. The number of Topliss-reactive ketones (excluding diaryl/α,β-unsaturated/α-hetero) is 1. The van der Waals surface area contributed by atoms with E-state index in [1.54, 1.807) is 18.2 Å². The maximum atomic E-state index is 12.4. The Hall–Kier alpha value is -2.47. The lowest BCUT2D eigenvalue weighted by molar-refractivity contribution is -0.116. The maximum absolute atomic E-state index is 12.4. The molecular formula is C19H24N2O4. The maximum Gasteiger partial charge on any atom is 0.338 e. The lowest BCUT2D eigenvalue weighted by Gasteiger charge is -2.23. The number of carbonyl (C=O) groups excluding carboxylic acids is 2. The van der Waals surface area contributed by atoms with Crippen LogP contribution in [0.15, 0.2) is 40.6 Å². The van der Waals surface area contributed by atoms with Crippen LogP contribution in [0.4, 0.5) is 0 Å². The van der Waals surface area contributed by atoms with E-state index in [9.17, 15) is 14.7 Å². The predicted molar refractivity (Wildman–Crippen MR) is 96.3 cm³/mol. The largest absolute Gasteiger partial charge is 0.511 e. The second kappa shape index (κ2) is 8.58. The van der Waals surface area contributed by atoms with Crippen LogP contribution in [0.1, 0.15) is 34.7 Å². The van der Waals surface area contributed by atoms with Gasteiger partial charge in [0.25, 0.3) is 0 Å². The summed E-state index contributed by atoms with van der Waals surface area (Å²) in [6.45, 7) is 1.33. The predicted octanol–water partition coefficient (Wildman–Crippen LogP) is 2.36. The molecule has 1 unspecified atom stereocenters. The molecule has 0 heterocycles. The Labute approximate surface area is 147 Å². The fraction of sp³-hybridized carbons (Fsp3) is 0.421. The Morgan fingerprint density at radius 2 is 2.08 bits per heavy atom. The van der Waals surface area contributed by atoms with Crippen molar-refractivity contribution in [2.45, 2.75) is 18.8 Å². The molecule has 1 aliphatic rings. The zero-order chi connectivity index (χ0) is 18.4. The highest BCUT2D eigenvalue weighted by Crippen LogP contribution is 2.35. The van der Waals surface area contributed by atoms with Gasteiger partial charge in [0.2, 0.25) is 0 Å². The Morgan fingerprint density at radius 1 is 1.36 bits per heavy atom. The van der Waals surface area contributed by atoms with Crippen LogP contribution in [-0.2, 0) is 9.53 Å². The quantitative estimate of drug-likeness (QED) is 0.633. The number of aliphatic hydroxyl groups is 1. The summed E-state index contributed by atoms with van der Waals surface area (Å²) in [5.74, 6) is -0.833. The first-order chi connectivity index (χ1) is 11.9. The number of nitrogens with zero attached hydrogens (tertiary/aromatic N) is 2. The summed E-state index contributed by atoms with van der Waals surface area (Å²) < 4.78 is 4.80. The minimum absolute atomic E-state index is 0.0227. The first-order valence-electron chi connectivity index (χ1n) is 8.21. The van der Waals surface area contributed by atoms with Crippen molar-refractivity contribution in [2.75, 3.05) is 34.3 Å². The number of hydrogen-bond donors (Lipinski definition) is 1. The second-order valence-corrected chi connectivity index (χ2v) is 6.31. The van der Waals surface area contributed by atoms with E-state index in [1.165, 1.54) is 13.3 Å². The Kier molecular flexibility index (Phi) is 6.47. The molecule has 0 aromatic heterocycles. The summed E-state index contributed by atoms with van der Waals surface area (Å²) in [7, 11) is 5.22. The van der Waals surface area contributed by atoms with Crippen molar-refractivity contribution in [1.82, 2.24) is 4.90 Å². The third-order valence-corrected chi connectivity index (χ3v) is 4.19. The van der Waals surface area contributed by atoms with E-state index in [1.807, 2.05) is 25.1 Å². The third kappa shape index (κ3) is 4.76. The van der Waals surface area contributed by atoms with Crippen molar-refractivity contribution in [2.24, 2.45) is 4.99 Å². The zero-order valence-electron chi connectivity index (χ0n) is 14.9. The highest BCUT2D eigenvalue weighted by Gasteiger charge is 2.30. The van der Waals surface area contributed by atoms with E-state index in [4.69, 9.17) is 4.74 Å². The van der Waals surface area contributed by atoms with Gasteiger partial charge in [0.15, 0.2) is 5.78 Å². The van der Waals surface area contributed by atoms with Crippen LogP contribution in [0.3, 0.4) is 0 Å². The van der Waals surface area contributed by atoms with Crippen molar-refractivity contribution >= 4 is 18.0 Å². The first kappa shape index (κ1) is 18.9. The molecule has 0 bridgehead atoms. The molecule has 0 spiro atoms. The molecular weight excluding hydrogens is 320 g/mol. The van der Waals surface area contributed by atoms with Crippen LogP contribution in [0, 0.1) is 0 Å². The van der Waals surface area contributed by atoms with Gasteiger partial charge in [-0.15, -0.1) is 0 Å². The molecule has 1 aromatic rings. The van der Waals surface area contributed by atoms with Gasteiger partial charge in [-0.2, -0.15) is 0 Å². The van der Waals surface area contributed by atoms with Gasteiger partial charge in [-0.25, -0.2) is 4.79 Å². The van der Waals surface area contributed by atoms with Crippen molar-refractivity contribution in [3.63, 3.8) is 0 Å². The van der Waals surface area contributed by atoms with Crippen LogP contribution in [0.2, 0.25) is 0 Å². The van der Waals surface area contributed by atoms with E-state index < -0.39 is 5.97 Å². The fourth-order valence-corrected chi connectivity index (χ4v) is 2.84. The van der Waals surface area contributed by atoms with Gasteiger partial charge >= 0.3 is 5.97 Å². The zero-order valence-corrected chi connectivity index (χ0v) is 14.9. The molecule has 0 radical (unpaired) electrons. The van der Waals surface area contributed by atoms with Crippen LogP contribution in [-0.4, -0.2) is 62.3 Å². The number of allylic oxidation sites excluding steroid dienone is 2. The number of likely N-dealkylation sites (N-methyl/N-ethyl adjacent to an activating group) is 1. The van der Waals surface area contributed by atoms with Crippen LogP contribution >= 0.6 is 0 Å². The van der Waals surface area contributed by atoms with Crippen LogP contribution in [0.5, 0.6) is 0 Å². The van der Waals surface area contributed by atoms with E-state index in [0.29, 0.717) is 18.5 Å². The number of aliphatic imine (C=N–C) groups is 1. The number of ether oxygens (including phenoxy) is 1. The van der Waals surface area contributed by atoms with E-state index >= 15 is 0 Å². The number of ketones is 1. The number of carbonyl (C=O) groups is 2. The van der Waals surface area contributed by atoms with Gasteiger partial charge in [-0.1, -0.05) is 18.2 Å². The van der Waals surface area contributed by atoms with Gasteiger partial charge < -0.3 is 14.7 Å². The van der Waals surface area contributed by atoms with E-state index in [0.717, 1.165) is 12.1 Å². The highest BCUT2D eigenvalue weighted by atomic mass is 16.5. The average molecular weight is 344 g/mol. The first-order valence-corrected chi connectivity index (χ1v) is 8.21. The monoisotopic (exact) mass is 344 g/mol. The Balaban J connectivity index is 2.19. The molecule has 6 nitrogen and oxygen atoms in total. The lowest BCUT2D eigenvalue weighted by atomic mass is 9.81. The van der Waals surface area contributed by atoms with E-state index in [-0.39, 0.29) is 29.5 Å². The number of benzene rings is 1. The summed E-state index contributed by atoms with van der Waals surface area (Å²) in [4.78, 5) is 30.6. The molecule has 0 saturated carbocycles. The minimum Gasteiger partial charge on any atom is -0.511 e. The lowest BCUT2D eigenvalue weighted by Crippen LogP contribution is -2.21.